The number of H-pyrrole nitrogens is 1. The van der Waals surface area contributed by atoms with Gasteiger partial charge in [-0.15, -0.1) is 0 Å². The van der Waals surface area contributed by atoms with Gasteiger partial charge in [0.2, 0.25) is 0 Å². The van der Waals surface area contributed by atoms with Gasteiger partial charge in [-0.25, -0.2) is 4.79 Å². The quantitative estimate of drug-likeness (QED) is 0.721. The lowest BCUT2D eigenvalue weighted by atomic mass is 10.3. The van der Waals surface area contributed by atoms with Crippen molar-refractivity contribution in [1.29, 1.82) is 0 Å². The number of hydrogen-bond acceptors (Lipinski definition) is 3. The van der Waals surface area contributed by atoms with Crippen LogP contribution in [-0.4, -0.2) is 22.7 Å². The largest absolute Gasteiger partial charge is 0.488 e. The highest BCUT2D eigenvalue weighted by molar-refractivity contribution is 5.85. The number of carboxylic acids is 1. The van der Waals surface area contributed by atoms with Crippen molar-refractivity contribution in [3.63, 3.8) is 0 Å². The molecule has 0 spiro atoms. The van der Waals surface area contributed by atoms with E-state index in [2.05, 4.69) is 11.9 Å². The van der Waals surface area contributed by atoms with Crippen LogP contribution in [0.3, 0.4) is 0 Å². The van der Waals surface area contributed by atoms with E-state index in [4.69, 9.17) is 9.84 Å². The Bertz CT molecular complexity index is 411. The maximum absolute atomic E-state index is 11.4. The predicted molar refractivity (Wildman–Crippen MR) is 59.0 cm³/mol. The summed E-state index contributed by atoms with van der Waals surface area (Å²) < 4.78 is 5.24. The lowest BCUT2D eigenvalue weighted by Crippen LogP contribution is -2.15. The molecule has 0 aliphatic carbocycles. The molecule has 0 atom stereocenters. The van der Waals surface area contributed by atoms with E-state index in [0.717, 1.165) is 19.3 Å². The Kier molecular flexibility index (Phi) is 4.57. The van der Waals surface area contributed by atoms with Crippen molar-refractivity contribution in [1.82, 2.24) is 4.98 Å². The van der Waals surface area contributed by atoms with Crippen LogP contribution in [0, 0.1) is 0 Å². The van der Waals surface area contributed by atoms with Gasteiger partial charge in [-0.1, -0.05) is 19.8 Å². The molecule has 0 unspecified atom stereocenters. The number of carbonyl (C=O) groups is 1. The summed E-state index contributed by atoms with van der Waals surface area (Å²) in [7, 11) is 0. The molecule has 5 heteroatoms. The van der Waals surface area contributed by atoms with Crippen molar-refractivity contribution >= 4 is 5.97 Å². The molecule has 1 aromatic rings. The molecule has 16 heavy (non-hydrogen) atoms. The van der Waals surface area contributed by atoms with Crippen molar-refractivity contribution in [3.8, 4) is 5.75 Å². The van der Waals surface area contributed by atoms with Gasteiger partial charge < -0.3 is 14.8 Å². The fourth-order valence-corrected chi connectivity index (χ4v) is 1.23. The highest BCUT2D eigenvalue weighted by Crippen LogP contribution is 2.04. The van der Waals surface area contributed by atoms with Gasteiger partial charge in [0, 0.05) is 0 Å². The number of pyridine rings is 1. The summed E-state index contributed by atoms with van der Waals surface area (Å²) in [4.78, 5) is 24.2. The van der Waals surface area contributed by atoms with E-state index in [0.29, 0.717) is 6.61 Å². The van der Waals surface area contributed by atoms with E-state index in [9.17, 15) is 9.59 Å². The Labute approximate surface area is 93.1 Å². The van der Waals surface area contributed by atoms with Gasteiger partial charge in [0.1, 0.15) is 5.69 Å². The molecule has 88 valence electrons. The second-order valence-electron chi connectivity index (χ2n) is 3.43. The van der Waals surface area contributed by atoms with E-state index in [1.165, 1.54) is 12.1 Å². The lowest BCUT2D eigenvalue weighted by Gasteiger charge is -2.04. The van der Waals surface area contributed by atoms with Crippen LogP contribution < -0.4 is 10.3 Å². The fourth-order valence-electron chi connectivity index (χ4n) is 1.23. The highest BCUT2D eigenvalue weighted by atomic mass is 16.5. The molecular weight excluding hydrogens is 210 g/mol. The average Bonchev–Trinajstić information content (AvgIpc) is 2.26. The number of unbranched alkanes of at least 4 members (excludes halogenated alkanes) is 2. The maximum atomic E-state index is 11.4. The van der Waals surface area contributed by atoms with Gasteiger partial charge in [0.25, 0.3) is 5.56 Å². The maximum Gasteiger partial charge on any atom is 0.352 e. The molecule has 0 bridgehead atoms. The number of nitrogens with one attached hydrogen (secondary N) is 1. The molecule has 1 rings (SSSR count). The molecule has 1 heterocycles. The molecule has 1 aromatic heterocycles. The molecule has 2 N–H and O–H groups in total. The van der Waals surface area contributed by atoms with E-state index in [1.54, 1.807) is 0 Å². The summed E-state index contributed by atoms with van der Waals surface area (Å²) in [5, 5.41) is 8.64. The van der Waals surface area contributed by atoms with Crippen LogP contribution in [0.2, 0.25) is 0 Å². The van der Waals surface area contributed by atoms with E-state index in [-0.39, 0.29) is 11.4 Å². The third kappa shape index (κ3) is 3.42. The minimum atomic E-state index is -1.16. The molecule has 0 amide bonds. The Morgan fingerprint density at radius 3 is 2.75 bits per heavy atom. The number of carboxylic acid groups (broad SMARTS) is 1. The number of ether oxygens (including phenoxy) is 1. The smallest absolute Gasteiger partial charge is 0.352 e. The summed E-state index contributed by atoms with van der Waals surface area (Å²) in [5.41, 5.74) is -0.637. The molecular formula is C11H15NO4. The SMILES string of the molecule is CCCCCOc1ccc(C(=O)O)[nH]c1=O. The Morgan fingerprint density at radius 1 is 1.44 bits per heavy atom. The summed E-state index contributed by atoms with van der Waals surface area (Å²) in [6.07, 6.45) is 3.01. The molecule has 0 fully saturated rings. The van der Waals surface area contributed by atoms with Crippen molar-refractivity contribution in [2.24, 2.45) is 0 Å². The Hall–Kier alpha value is -1.78. The Balaban J connectivity index is 2.61. The highest BCUT2D eigenvalue weighted by Gasteiger charge is 2.06. The summed E-state index contributed by atoms with van der Waals surface area (Å²) in [5.74, 6) is -0.990. The van der Waals surface area contributed by atoms with Gasteiger partial charge in [0.05, 0.1) is 6.61 Å². The predicted octanol–water partition coefficient (Wildman–Crippen LogP) is 1.64. The van der Waals surface area contributed by atoms with Gasteiger partial charge in [0.15, 0.2) is 5.75 Å². The normalized spacial score (nSPS) is 10.1. The lowest BCUT2D eigenvalue weighted by molar-refractivity contribution is 0.0690. The number of rotatable bonds is 6. The molecule has 0 radical (unpaired) electrons. The van der Waals surface area contributed by atoms with Crippen LogP contribution in [0.4, 0.5) is 0 Å². The van der Waals surface area contributed by atoms with E-state index >= 15 is 0 Å². The van der Waals surface area contributed by atoms with Gasteiger partial charge in [-0.05, 0) is 18.6 Å². The van der Waals surface area contributed by atoms with Gasteiger partial charge in [-0.2, -0.15) is 0 Å². The third-order valence-corrected chi connectivity index (χ3v) is 2.11. The monoisotopic (exact) mass is 225 g/mol. The first-order valence-corrected chi connectivity index (χ1v) is 5.24. The first-order valence-electron chi connectivity index (χ1n) is 5.24. The topological polar surface area (TPSA) is 79.4 Å². The van der Waals surface area contributed by atoms with Crippen molar-refractivity contribution in [2.45, 2.75) is 26.2 Å². The number of aromatic carboxylic acids is 1. The van der Waals surface area contributed by atoms with Crippen LogP contribution in [0.15, 0.2) is 16.9 Å². The minimum Gasteiger partial charge on any atom is -0.488 e. The van der Waals surface area contributed by atoms with Gasteiger partial charge in [-0.3, -0.25) is 4.79 Å². The molecule has 0 aliphatic heterocycles. The zero-order valence-corrected chi connectivity index (χ0v) is 9.16. The van der Waals surface area contributed by atoms with Crippen LogP contribution in [0.25, 0.3) is 0 Å². The first-order chi connectivity index (χ1) is 7.65. The van der Waals surface area contributed by atoms with Crippen molar-refractivity contribution < 1.29 is 14.6 Å². The van der Waals surface area contributed by atoms with Crippen molar-refractivity contribution in [3.05, 3.63) is 28.2 Å². The minimum absolute atomic E-state index is 0.133. The second-order valence-corrected chi connectivity index (χ2v) is 3.43. The zero-order valence-electron chi connectivity index (χ0n) is 9.16. The summed E-state index contributed by atoms with van der Waals surface area (Å²) >= 11 is 0. The Morgan fingerprint density at radius 2 is 2.19 bits per heavy atom. The van der Waals surface area contributed by atoms with Crippen LogP contribution >= 0.6 is 0 Å². The number of aromatic amines is 1. The summed E-state index contributed by atoms with van der Waals surface area (Å²) in [6.45, 7) is 2.55. The standard InChI is InChI=1S/C11H15NO4/c1-2-3-4-7-16-9-6-5-8(11(14)15)12-10(9)13/h5-6H,2-4,7H2,1H3,(H,12,13)(H,14,15). The number of hydrogen-bond donors (Lipinski definition) is 2. The van der Waals surface area contributed by atoms with Gasteiger partial charge >= 0.3 is 5.97 Å². The van der Waals surface area contributed by atoms with Crippen LogP contribution in [0.5, 0.6) is 5.75 Å². The molecule has 5 nitrogen and oxygen atoms in total. The molecule has 0 aromatic carbocycles. The first kappa shape index (κ1) is 12.3. The zero-order chi connectivity index (χ0) is 12.0. The molecule has 0 saturated carbocycles. The third-order valence-electron chi connectivity index (χ3n) is 2.11. The van der Waals surface area contributed by atoms with Crippen LogP contribution in [0.1, 0.15) is 36.7 Å². The second kappa shape index (κ2) is 5.95. The van der Waals surface area contributed by atoms with Crippen molar-refractivity contribution in [2.75, 3.05) is 6.61 Å². The molecule has 0 aliphatic rings. The molecule has 0 saturated heterocycles. The average molecular weight is 225 g/mol. The number of aromatic nitrogens is 1. The fraction of sp³-hybridized carbons (Fsp3) is 0.455. The van der Waals surface area contributed by atoms with Crippen LogP contribution in [-0.2, 0) is 0 Å². The summed E-state index contributed by atoms with van der Waals surface area (Å²) in [6, 6.07) is 2.70. The van der Waals surface area contributed by atoms with E-state index < -0.39 is 11.5 Å². The van der Waals surface area contributed by atoms with E-state index in [1.807, 2.05) is 0 Å².